The highest BCUT2D eigenvalue weighted by Crippen LogP contribution is 2.35. The molecule has 0 aliphatic carbocycles. The fourth-order valence-corrected chi connectivity index (χ4v) is 6.15. The summed E-state index contributed by atoms with van der Waals surface area (Å²) in [6.45, 7) is 7.10. The van der Waals surface area contributed by atoms with Crippen LogP contribution in [-0.4, -0.2) is 54.9 Å². The summed E-state index contributed by atoms with van der Waals surface area (Å²) in [5.41, 5.74) is 6.92. The van der Waals surface area contributed by atoms with Crippen molar-refractivity contribution >= 4 is 17.7 Å². The van der Waals surface area contributed by atoms with Gasteiger partial charge in [0.05, 0.1) is 5.69 Å². The average molecular weight is 621 g/mol. The number of ether oxygens (including phenoxy) is 1. The number of amides is 1. The molecule has 1 amide bonds. The second-order valence-electron chi connectivity index (χ2n) is 12.5. The Morgan fingerprint density at radius 2 is 1.78 bits per heavy atom. The predicted molar refractivity (Wildman–Crippen MR) is 176 cm³/mol. The highest BCUT2D eigenvalue weighted by Gasteiger charge is 2.28. The van der Waals surface area contributed by atoms with Crippen molar-refractivity contribution in [2.24, 2.45) is 0 Å². The van der Waals surface area contributed by atoms with E-state index in [0.717, 1.165) is 41.8 Å². The molecule has 0 spiro atoms. The minimum Gasteiger partial charge on any atom is -0.444 e. The number of rotatable bonds is 7. The molecule has 45 heavy (non-hydrogen) atoms. The van der Waals surface area contributed by atoms with Gasteiger partial charge in [-0.2, -0.15) is 4.68 Å². The van der Waals surface area contributed by atoms with Crippen LogP contribution in [0.2, 0.25) is 5.02 Å². The number of benzene rings is 3. The van der Waals surface area contributed by atoms with Gasteiger partial charge in [-0.05, 0) is 97.3 Å². The van der Waals surface area contributed by atoms with Crippen molar-refractivity contribution < 1.29 is 9.53 Å². The van der Waals surface area contributed by atoms with Crippen LogP contribution in [0.1, 0.15) is 67.8 Å². The van der Waals surface area contributed by atoms with Crippen LogP contribution >= 0.6 is 11.6 Å². The van der Waals surface area contributed by atoms with Crippen LogP contribution in [-0.2, 0) is 11.2 Å². The molecule has 9 heteroatoms. The molecule has 8 nitrogen and oxygen atoms in total. The van der Waals surface area contributed by atoms with Gasteiger partial charge in [0.15, 0.2) is 0 Å². The fraction of sp³-hybridized carbons (Fsp3) is 0.306. The van der Waals surface area contributed by atoms with Crippen molar-refractivity contribution in [1.29, 1.82) is 0 Å². The number of pyridine rings is 1. The normalized spacial score (nSPS) is 14.7. The van der Waals surface area contributed by atoms with Crippen molar-refractivity contribution in [3.63, 3.8) is 0 Å². The van der Waals surface area contributed by atoms with E-state index in [-0.39, 0.29) is 12.0 Å². The van der Waals surface area contributed by atoms with Gasteiger partial charge in [0.1, 0.15) is 11.9 Å². The summed E-state index contributed by atoms with van der Waals surface area (Å²) in [7, 11) is 0. The lowest BCUT2D eigenvalue weighted by Gasteiger charge is -2.34. The number of carbonyl (C=O) groups excluding carboxylic acids is 1. The molecule has 0 saturated carbocycles. The molecule has 0 bridgehead atoms. The third-order valence-corrected chi connectivity index (χ3v) is 8.46. The van der Waals surface area contributed by atoms with Gasteiger partial charge >= 0.3 is 6.09 Å². The lowest BCUT2D eigenvalue weighted by molar-refractivity contribution is 0.0205. The number of tetrazole rings is 1. The molecule has 5 aromatic rings. The monoisotopic (exact) mass is 620 g/mol. The molecule has 1 aliphatic rings. The second-order valence-corrected chi connectivity index (χ2v) is 13.0. The molecule has 230 valence electrons. The summed E-state index contributed by atoms with van der Waals surface area (Å²) >= 11 is 6.40. The number of aromatic nitrogens is 5. The van der Waals surface area contributed by atoms with E-state index in [0.29, 0.717) is 24.0 Å². The zero-order valence-electron chi connectivity index (χ0n) is 25.8. The minimum absolute atomic E-state index is 0.0570. The SMILES string of the molecule is CC(C)(C)OC(=O)N1CCC(c2cccc(C(Cc3ccccc3)c3ccc(-c4cc(Cl)ccc4-n4cnnn4)cn3)c2)CC1. The molecular weight excluding hydrogens is 584 g/mol. The largest absolute Gasteiger partial charge is 0.444 e. The maximum absolute atomic E-state index is 12.6. The number of nitrogens with zero attached hydrogens (tertiary/aromatic N) is 6. The van der Waals surface area contributed by atoms with Crippen molar-refractivity contribution in [3.8, 4) is 16.8 Å². The molecule has 0 N–H and O–H groups in total. The lowest BCUT2D eigenvalue weighted by atomic mass is 9.84. The summed E-state index contributed by atoms with van der Waals surface area (Å²) in [5.74, 6) is 0.436. The number of hydrogen-bond donors (Lipinski definition) is 0. The Hall–Kier alpha value is -4.56. The van der Waals surface area contributed by atoms with Crippen molar-refractivity contribution in [2.45, 2.75) is 57.5 Å². The summed E-state index contributed by atoms with van der Waals surface area (Å²) < 4.78 is 7.23. The molecule has 1 saturated heterocycles. The first-order valence-electron chi connectivity index (χ1n) is 15.3. The van der Waals surface area contributed by atoms with Crippen molar-refractivity contribution in [3.05, 3.63) is 125 Å². The average Bonchev–Trinajstić information content (AvgIpc) is 3.59. The van der Waals surface area contributed by atoms with Crippen LogP contribution in [0.25, 0.3) is 16.8 Å². The standard InChI is InChI=1S/C36H37ClN6O2/c1-36(2,3)45-35(44)42-18-16-26(17-19-42)27-10-7-11-28(21-27)31(20-25-8-5-4-6-9-25)33-14-12-29(23-38-33)32-22-30(37)13-15-34(32)43-24-39-40-41-43/h4-15,21-24,26,31H,16-20H2,1-3H3. The highest BCUT2D eigenvalue weighted by atomic mass is 35.5. The van der Waals surface area contributed by atoms with E-state index in [2.05, 4.69) is 76.2 Å². The Morgan fingerprint density at radius 1 is 0.978 bits per heavy atom. The molecule has 3 heterocycles. The third-order valence-electron chi connectivity index (χ3n) is 8.22. The summed E-state index contributed by atoms with van der Waals surface area (Å²) in [6.07, 6.45) is 5.88. The van der Waals surface area contributed by atoms with Gasteiger partial charge in [-0.3, -0.25) is 4.98 Å². The van der Waals surface area contributed by atoms with Gasteiger partial charge in [0, 0.05) is 47.0 Å². The number of halogens is 1. The smallest absolute Gasteiger partial charge is 0.410 e. The molecule has 1 unspecified atom stereocenters. The number of likely N-dealkylation sites (tertiary alicyclic amines) is 1. The molecule has 1 aliphatic heterocycles. The van der Waals surface area contributed by atoms with E-state index >= 15 is 0 Å². The molecule has 6 rings (SSSR count). The van der Waals surface area contributed by atoms with Crippen LogP contribution in [0.5, 0.6) is 0 Å². The zero-order valence-corrected chi connectivity index (χ0v) is 26.6. The van der Waals surface area contributed by atoms with Crippen LogP contribution in [0.4, 0.5) is 4.79 Å². The van der Waals surface area contributed by atoms with Crippen LogP contribution < -0.4 is 0 Å². The lowest BCUT2D eigenvalue weighted by Crippen LogP contribution is -2.41. The number of piperidine rings is 1. The Kier molecular flexibility index (Phi) is 8.94. The third kappa shape index (κ3) is 7.40. The minimum atomic E-state index is -0.493. The van der Waals surface area contributed by atoms with E-state index in [4.69, 9.17) is 21.3 Å². The summed E-state index contributed by atoms with van der Waals surface area (Å²) in [6, 6.07) is 29.3. The van der Waals surface area contributed by atoms with E-state index in [1.807, 2.05) is 56.1 Å². The molecule has 3 aromatic carbocycles. The van der Waals surface area contributed by atoms with Crippen LogP contribution in [0.3, 0.4) is 0 Å². The first-order valence-corrected chi connectivity index (χ1v) is 15.7. The van der Waals surface area contributed by atoms with Gasteiger partial charge < -0.3 is 9.64 Å². The van der Waals surface area contributed by atoms with Crippen molar-refractivity contribution in [2.75, 3.05) is 13.1 Å². The topological polar surface area (TPSA) is 86.0 Å². The molecular formula is C36H37ClN6O2. The van der Waals surface area contributed by atoms with Gasteiger partial charge in [0.2, 0.25) is 0 Å². The predicted octanol–water partition coefficient (Wildman–Crippen LogP) is 7.87. The second kappa shape index (κ2) is 13.2. The quantitative estimate of drug-likeness (QED) is 0.184. The van der Waals surface area contributed by atoms with Gasteiger partial charge in [-0.1, -0.05) is 72.3 Å². The van der Waals surface area contributed by atoms with Gasteiger partial charge in [-0.15, -0.1) is 5.10 Å². The zero-order chi connectivity index (χ0) is 31.4. The van der Waals surface area contributed by atoms with E-state index < -0.39 is 5.60 Å². The Labute approximate surface area is 269 Å². The first kappa shape index (κ1) is 30.5. The van der Waals surface area contributed by atoms with Crippen LogP contribution in [0, 0.1) is 0 Å². The van der Waals surface area contributed by atoms with Crippen LogP contribution in [0.15, 0.2) is 97.5 Å². The van der Waals surface area contributed by atoms with E-state index in [9.17, 15) is 4.79 Å². The Bertz CT molecular complexity index is 1730. The number of hydrogen-bond acceptors (Lipinski definition) is 6. The highest BCUT2D eigenvalue weighted by molar-refractivity contribution is 6.31. The molecule has 2 aromatic heterocycles. The Balaban J connectivity index is 1.27. The summed E-state index contributed by atoms with van der Waals surface area (Å²) in [5, 5.41) is 12.3. The van der Waals surface area contributed by atoms with Gasteiger partial charge in [-0.25, -0.2) is 4.79 Å². The van der Waals surface area contributed by atoms with E-state index in [1.165, 1.54) is 16.7 Å². The molecule has 0 radical (unpaired) electrons. The van der Waals surface area contributed by atoms with Gasteiger partial charge in [0.25, 0.3) is 0 Å². The molecule has 1 fully saturated rings. The van der Waals surface area contributed by atoms with Crippen molar-refractivity contribution in [1.82, 2.24) is 30.1 Å². The van der Waals surface area contributed by atoms with E-state index in [1.54, 1.807) is 11.0 Å². The fourth-order valence-electron chi connectivity index (χ4n) is 5.98. The summed E-state index contributed by atoms with van der Waals surface area (Å²) in [4.78, 5) is 19.5. The first-order chi connectivity index (χ1) is 21.7. The Morgan fingerprint density at radius 3 is 2.47 bits per heavy atom. The molecule has 1 atom stereocenters. The maximum Gasteiger partial charge on any atom is 0.410 e. The maximum atomic E-state index is 12.6. The number of carbonyl (C=O) groups is 1.